The summed E-state index contributed by atoms with van der Waals surface area (Å²) in [6.45, 7) is 4.32. The lowest BCUT2D eigenvalue weighted by atomic mass is 10.0. The van der Waals surface area contributed by atoms with Crippen LogP contribution < -0.4 is 16.8 Å². The van der Waals surface area contributed by atoms with Gasteiger partial charge in [0.05, 0.1) is 23.6 Å². The molecule has 6 N–H and O–H groups in total. The van der Waals surface area contributed by atoms with Crippen LogP contribution in [-0.4, -0.2) is 51.9 Å². The molecule has 1 saturated heterocycles. The maximum atomic E-state index is 13.3. The highest BCUT2D eigenvalue weighted by molar-refractivity contribution is 5.89. The molecule has 174 valence electrons. The molecule has 0 unspecified atom stereocenters. The molecule has 1 aliphatic rings. The summed E-state index contributed by atoms with van der Waals surface area (Å²) in [5, 5.41) is 3.14. The Morgan fingerprint density at radius 3 is 2.67 bits per heavy atom. The van der Waals surface area contributed by atoms with Crippen molar-refractivity contribution in [3.63, 3.8) is 0 Å². The van der Waals surface area contributed by atoms with Crippen LogP contribution in [0.4, 0.5) is 0 Å². The van der Waals surface area contributed by atoms with Gasteiger partial charge in [-0.3, -0.25) is 9.59 Å². The second kappa shape index (κ2) is 9.72. The Bertz CT molecular complexity index is 1100. The number of H-pyrrole nitrogens is 1. The lowest BCUT2D eigenvalue weighted by molar-refractivity contribution is -0.137. The van der Waals surface area contributed by atoms with Gasteiger partial charge in [-0.15, -0.1) is 0 Å². The number of carbonyl (C=O) groups is 2. The number of fused-ring (bicyclic) bond motifs is 1. The molecule has 8 heteroatoms. The zero-order valence-electron chi connectivity index (χ0n) is 19.2. The van der Waals surface area contributed by atoms with Crippen LogP contribution in [0, 0.1) is 13.8 Å². The zero-order chi connectivity index (χ0) is 23.5. The number of aryl methyl sites for hydroxylation is 3. The third-order valence-electron chi connectivity index (χ3n) is 6.46. The number of rotatable bonds is 7. The van der Waals surface area contributed by atoms with Gasteiger partial charge in [0.25, 0.3) is 0 Å². The SMILES string of the molecule is Cc1cc2nc([C@@H](CCc3ccccc3)NC(=O)[C@H]3C[C@H](N)CN3C(=O)CN)[nH]c2cc1C. The van der Waals surface area contributed by atoms with E-state index < -0.39 is 6.04 Å². The van der Waals surface area contributed by atoms with Gasteiger partial charge in [-0.2, -0.15) is 0 Å². The van der Waals surface area contributed by atoms with Crippen molar-refractivity contribution in [3.8, 4) is 0 Å². The van der Waals surface area contributed by atoms with Crippen molar-refractivity contribution in [2.24, 2.45) is 11.5 Å². The average Bonchev–Trinajstić information content (AvgIpc) is 3.40. The molecule has 0 aliphatic carbocycles. The standard InChI is InChI=1S/C25H32N6O2/c1-15-10-20-21(11-16(15)2)29-24(28-20)19(9-8-17-6-4-3-5-7-17)30-25(33)22-12-18(27)14-31(22)23(32)13-26/h3-7,10-11,18-19,22H,8-9,12-14,26-27H2,1-2H3,(H,28,29)(H,30,33)/t18-,19+,22+/m0/s1. The first-order valence-corrected chi connectivity index (χ1v) is 11.4. The fraction of sp³-hybridized carbons (Fsp3) is 0.400. The van der Waals surface area contributed by atoms with E-state index in [9.17, 15) is 9.59 Å². The van der Waals surface area contributed by atoms with Gasteiger partial charge >= 0.3 is 0 Å². The van der Waals surface area contributed by atoms with Crippen LogP contribution in [0.3, 0.4) is 0 Å². The van der Waals surface area contributed by atoms with Crippen LogP contribution in [0.1, 0.15) is 41.4 Å². The molecule has 3 aromatic rings. The van der Waals surface area contributed by atoms with Crippen molar-refractivity contribution in [3.05, 3.63) is 65.0 Å². The summed E-state index contributed by atoms with van der Waals surface area (Å²) in [5.74, 6) is 0.215. The molecule has 0 saturated carbocycles. The van der Waals surface area contributed by atoms with Gasteiger partial charge in [-0.1, -0.05) is 30.3 Å². The Hall–Kier alpha value is -3.23. The van der Waals surface area contributed by atoms with Gasteiger partial charge in [-0.25, -0.2) is 4.98 Å². The molecule has 33 heavy (non-hydrogen) atoms. The number of aromatic amines is 1. The van der Waals surface area contributed by atoms with Crippen LogP contribution in [0.2, 0.25) is 0 Å². The van der Waals surface area contributed by atoms with Crippen LogP contribution in [0.25, 0.3) is 11.0 Å². The summed E-state index contributed by atoms with van der Waals surface area (Å²) in [5.41, 5.74) is 17.0. The average molecular weight is 449 g/mol. The monoisotopic (exact) mass is 448 g/mol. The fourth-order valence-corrected chi connectivity index (χ4v) is 4.47. The highest BCUT2D eigenvalue weighted by atomic mass is 16.2. The van der Waals surface area contributed by atoms with Crippen LogP contribution >= 0.6 is 0 Å². The number of benzene rings is 2. The fourth-order valence-electron chi connectivity index (χ4n) is 4.47. The Balaban J connectivity index is 1.60. The first-order valence-electron chi connectivity index (χ1n) is 11.4. The Morgan fingerprint density at radius 2 is 1.94 bits per heavy atom. The molecule has 1 aliphatic heterocycles. The van der Waals surface area contributed by atoms with Crippen LogP contribution in [0.15, 0.2) is 42.5 Å². The first kappa shape index (κ1) is 22.9. The van der Waals surface area contributed by atoms with Gasteiger partial charge in [-0.05, 0) is 61.9 Å². The molecule has 2 aromatic carbocycles. The van der Waals surface area contributed by atoms with Crippen molar-refractivity contribution < 1.29 is 9.59 Å². The van der Waals surface area contributed by atoms with E-state index in [0.29, 0.717) is 25.2 Å². The van der Waals surface area contributed by atoms with Gasteiger partial charge < -0.3 is 26.7 Å². The van der Waals surface area contributed by atoms with E-state index in [0.717, 1.165) is 17.5 Å². The van der Waals surface area contributed by atoms with E-state index in [4.69, 9.17) is 16.5 Å². The highest BCUT2D eigenvalue weighted by Gasteiger charge is 2.38. The zero-order valence-corrected chi connectivity index (χ0v) is 19.2. The molecule has 0 radical (unpaired) electrons. The summed E-state index contributed by atoms with van der Waals surface area (Å²) >= 11 is 0. The van der Waals surface area contributed by atoms with Crippen LogP contribution in [0.5, 0.6) is 0 Å². The smallest absolute Gasteiger partial charge is 0.243 e. The van der Waals surface area contributed by atoms with Crippen LogP contribution in [-0.2, 0) is 16.0 Å². The Labute approximate surface area is 193 Å². The number of nitrogens with one attached hydrogen (secondary N) is 2. The molecular formula is C25H32N6O2. The maximum Gasteiger partial charge on any atom is 0.243 e. The number of nitrogens with two attached hydrogens (primary N) is 2. The topological polar surface area (TPSA) is 130 Å². The van der Waals surface area contributed by atoms with E-state index in [2.05, 4.69) is 48.4 Å². The highest BCUT2D eigenvalue weighted by Crippen LogP contribution is 2.24. The van der Waals surface area contributed by atoms with E-state index >= 15 is 0 Å². The number of carbonyl (C=O) groups excluding carboxylic acids is 2. The quantitative estimate of drug-likeness (QED) is 0.438. The summed E-state index contributed by atoms with van der Waals surface area (Å²) in [7, 11) is 0. The number of aromatic nitrogens is 2. The molecule has 2 amide bonds. The van der Waals surface area contributed by atoms with E-state index in [-0.39, 0.29) is 30.4 Å². The third kappa shape index (κ3) is 5.07. The molecule has 8 nitrogen and oxygen atoms in total. The minimum Gasteiger partial charge on any atom is -0.344 e. The van der Waals surface area contributed by atoms with E-state index in [1.807, 2.05) is 18.2 Å². The van der Waals surface area contributed by atoms with E-state index in [1.165, 1.54) is 21.6 Å². The number of hydrogen-bond acceptors (Lipinski definition) is 5. The molecule has 4 rings (SSSR count). The van der Waals surface area contributed by atoms with Gasteiger partial charge in [0.1, 0.15) is 11.9 Å². The second-order valence-corrected chi connectivity index (χ2v) is 8.92. The lowest BCUT2D eigenvalue weighted by Gasteiger charge is -2.25. The normalized spacial score (nSPS) is 19.1. The largest absolute Gasteiger partial charge is 0.344 e. The second-order valence-electron chi connectivity index (χ2n) is 8.92. The minimum atomic E-state index is -0.621. The molecular weight excluding hydrogens is 416 g/mol. The number of amides is 2. The number of likely N-dealkylation sites (tertiary alicyclic amines) is 1. The first-order chi connectivity index (χ1) is 15.9. The van der Waals surface area contributed by atoms with Crippen molar-refractivity contribution in [1.29, 1.82) is 0 Å². The summed E-state index contributed by atoms with van der Waals surface area (Å²) in [6, 6.07) is 13.1. The molecule has 1 fully saturated rings. The predicted octanol–water partition coefficient (Wildman–Crippen LogP) is 1.86. The number of imidazole rings is 1. The van der Waals surface area contributed by atoms with Crippen molar-refractivity contribution in [2.45, 2.75) is 51.2 Å². The molecule has 0 bridgehead atoms. The van der Waals surface area contributed by atoms with Crippen molar-refractivity contribution in [1.82, 2.24) is 20.2 Å². The predicted molar refractivity (Wildman–Crippen MR) is 128 cm³/mol. The van der Waals surface area contributed by atoms with Gasteiger partial charge in [0.15, 0.2) is 0 Å². The minimum absolute atomic E-state index is 0.143. The van der Waals surface area contributed by atoms with Crippen molar-refractivity contribution >= 4 is 22.8 Å². The maximum absolute atomic E-state index is 13.3. The van der Waals surface area contributed by atoms with Crippen molar-refractivity contribution in [2.75, 3.05) is 13.1 Å². The van der Waals surface area contributed by atoms with Gasteiger partial charge in [0.2, 0.25) is 11.8 Å². The molecule has 0 spiro atoms. The Kier molecular flexibility index (Phi) is 6.76. The molecule has 3 atom stereocenters. The summed E-state index contributed by atoms with van der Waals surface area (Å²) in [4.78, 5) is 35.3. The Morgan fingerprint density at radius 1 is 1.21 bits per heavy atom. The summed E-state index contributed by atoms with van der Waals surface area (Å²) < 4.78 is 0. The number of hydrogen-bond donors (Lipinski definition) is 4. The molecule has 2 heterocycles. The molecule has 1 aromatic heterocycles. The third-order valence-corrected chi connectivity index (χ3v) is 6.46. The van der Waals surface area contributed by atoms with E-state index in [1.54, 1.807) is 0 Å². The lowest BCUT2D eigenvalue weighted by Crippen LogP contribution is -2.48. The van der Waals surface area contributed by atoms with Gasteiger partial charge in [0, 0.05) is 12.6 Å². The summed E-state index contributed by atoms with van der Waals surface area (Å²) in [6.07, 6.45) is 1.86. The number of nitrogens with zero attached hydrogens (tertiary/aromatic N) is 2.